The standard InChI is InChI=1S/C27H23F3N4O3S/c1-15(18-5-3-4-6-19(18)27(28,29)30)37-22-13-24(38-25(22)26(35)36-2)34-14-33-20-11-16(7-8-21(20)34)17-9-10-32-23(31)12-17/h3-11,13-15,23H,12,31H2,1-2H3. The summed E-state index contributed by atoms with van der Waals surface area (Å²) in [5.74, 6) is -0.526. The number of aliphatic imine (C=N–C) groups is 1. The third kappa shape index (κ3) is 4.94. The molecular weight excluding hydrogens is 517 g/mol. The van der Waals surface area contributed by atoms with E-state index in [4.69, 9.17) is 15.2 Å². The second kappa shape index (κ2) is 10.1. The molecule has 0 saturated carbocycles. The van der Waals surface area contributed by atoms with Crippen LogP contribution in [0.15, 0.2) is 65.9 Å². The van der Waals surface area contributed by atoms with Gasteiger partial charge in [-0.1, -0.05) is 24.3 Å². The Hall–Kier alpha value is -3.96. The Balaban J connectivity index is 1.50. The highest BCUT2D eigenvalue weighted by Gasteiger charge is 2.35. The lowest BCUT2D eigenvalue weighted by Gasteiger charge is -2.19. The van der Waals surface area contributed by atoms with Crippen molar-refractivity contribution in [2.24, 2.45) is 10.7 Å². The highest BCUT2D eigenvalue weighted by Crippen LogP contribution is 2.40. The minimum absolute atomic E-state index is 0.0362. The van der Waals surface area contributed by atoms with Gasteiger partial charge in [0.1, 0.15) is 29.3 Å². The van der Waals surface area contributed by atoms with Crippen LogP contribution in [-0.4, -0.2) is 35.0 Å². The molecule has 0 saturated heterocycles. The third-order valence-corrected chi connectivity index (χ3v) is 7.30. The fourth-order valence-electron chi connectivity index (χ4n) is 4.36. The molecule has 38 heavy (non-hydrogen) atoms. The second-order valence-electron chi connectivity index (χ2n) is 8.69. The number of esters is 1. The van der Waals surface area contributed by atoms with Crippen LogP contribution in [-0.2, 0) is 10.9 Å². The molecule has 2 atom stereocenters. The van der Waals surface area contributed by atoms with Crippen LogP contribution in [0.2, 0.25) is 0 Å². The van der Waals surface area contributed by atoms with Gasteiger partial charge in [0, 0.05) is 24.3 Å². The van der Waals surface area contributed by atoms with Gasteiger partial charge in [-0.2, -0.15) is 13.2 Å². The van der Waals surface area contributed by atoms with Crippen LogP contribution in [0.25, 0.3) is 21.6 Å². The molecule has 1 aliphatic heterocycles. The van der Waals surface area contributed by atoms with Crippen molar-refractivity contribution in [3.8, 4) is 10.8 Å². The van der Waals surface area contributed by atoms with E-state index in [9.17, 15) is 18.0 Å². The van der Waals surface area contributed by atoms with Crippen LogP contribution in [0, 0.1) is 0 Å². The highest BCUT2D eigenvalue weighted by molar-refractivity contribution is 7.16. The first-order chi connectivity index (χ1) is 18.2. The Kier molecular flexibility index (Phi) is 6.80. The van der Waals surface area contributed by atoms with Crippen LogP contribution in [0.3, 0.4) is 0 Å². The predicted octanol–water partition coefficient (Wildman–Crippen LogP) is 6.18. The van der Waals surface area contributed by atoms with Crippen LogP contribution in [0.1, 0.15) is 45.8 Å². The number of imidazole rings is 1. The van der Waals surface area contributed by atoms with Crippen molar-refractivity contribution in [1.29, 1.82) is 0 Å². The molecule has 2 unspecified atom stereocenters. The first kappa shape index (κ1) is 25.7. The number of rotatable bonds is 6. The molecule has 2 aromatic heterocycles. The van der Waals surface area contributed by atoms with Gasteiger partial charge in [-0.3, -0.25) is 9.56 Å². The number of methoxy groups -OCH3 is 1. The number of allylic oxidation sites excluding steroid dienone is 1. The van der Waals surface area contributed by atoms with E-state index in [-0.39, 0.29) is 22.4 Å². The van der Waals surface area contributed by atoms with E-state index in [1.54, 1.807) is 23.2 Å². The molecule has 1 aliphatic rings. The van der Waals surface area contributed by atoms with Gasteiger partial charge in [0.25, 0.3) is 0 Å². The van der Waals surface area contributed by atoms with E-state index in [1.807, 2.05) is 24.3 Å². The topological polar surface area (TPSA) is 91.7 Å². The van der Waals surface area contributed by atoms with Gasteiger partial charge in [-0.05, 0) is 42.3 Å². The summed E-state index contributed by atoms with van der Waals surface area (Å²) in [7, 11) is 1.23. The molecule has 11 heteroatoms. The Bertz CT molecular complexity index is 1570. The zero-order chi connectivity index (χ0) is 27.0. The number of alkyl halides is 3. The summed E-state index contributed by atoms with van der Waals surface area (Å²) < 4.78 is 53.3. The van der Waals surface area contributed by atoms with Gasteiger partial charge in [-0.25, -0.2) is 9.78 Å². The Labute approximate surface area is 220 Å². The number of fused-ring (bicyclic) bond motifs is 1. The maximum absolute atomic E-state index is 13.6. The Morgan fingerprint density at radius 3 is 2.74 bits per heavy atom. The average molecular weight is 541 g/mol. The van der Waals surface area contributed by atoms with E-state index < -0.39 is 23.8 Å². The lowest BCUT2D eigenvalue weighted by Crippen LogP contribution is -2.19. The summed E-state index contributed by atoms with van der Waals surface area (Å²) >= 11 is 1.10. The van der Waals surface area contributed by atoms with Crippen LogP contribution in [0.4, 0.5) is 13.2 Å². The van der Waals surface area contributed by atoms with Crippen molar-refractivity contribution in [3.05, 3.63) is 82.5 Å². The monoisotopic (exact) mass is 540 g/mol. The summed E-state index contributed by atoms with van der Waals surface area (Å²) in [6.45, 7) is 1.51. The molecule has 4 aromatic rings. The third-order valence-electron chi connectivity index (χ3n) is 6.20. The van der Waals surface area contributed by atoms with Crippen molar-refractivity contribution >= 4 is 40.1 Å². The Morgan fingerprint density at radius 1 is 1.21 bits per heavy atom. The summed E-state index contributed by atoms with van der Waals surface area (Å²) in [4.78, 5) is 21.4. The minimum atomic E-state index is -4.54. The number of hydrogen-bond acceptors (Lipinski definition) is 7. The fraction of sp³-hybridized carbons (Fsp3) is 0.222. The average Bonchev–Trinajstić information content (AvgIpc) is 3.51. The largest absolute Gasteiger partial charge is 0.484 e. The van der Waals surface area contributed by atoms with E-state index >= 15 is 0 Å². The lowest BCUT2D eigenvalue weighted by atomic mass is 9.99. The Morgan fingerprint density at radius 2 is 2.00 bits per heavy atom. The molecule has 0 radical (unpaired) electrons. The van der Waals surface area contributed by atoms with Gasteiger partial charge in [0.05, 0.1) is 23.7 Å². The van der Waals surface area contributed by atoms with E-state index in [0.717, 1.165) is 39.6 Å². The van der Waals surface area contributed by atoms with Crippen molar-refractivity contribution < 1.29 is 27.4 Å². The van der Waals surface area contributed by atoms with Crippen molar-refractivity contribution in [2.45, 2.75) is 31.8 Å². The van der Waals surface area contributed by atoms with Crippen LogP contribution >= 0.6 is 11.3 Å². The van der Waals surface area contributed by atoms with E-state index in [1.165, 1.54) is 32.2 Å². The first-order valence-corrected chi connectivity index (χ1v) is 12.5. The summed E-state index contributed by atoms with van der Waals surface area (Å²) in [6, 6.07) is 12.6. The van der Waals surface area contributed by atoms with E-state index in [0.29, 0.717) is 11.4 Å². The number of thiophene rings is 1. The van der Waals surface area contributed by atoms with Gasteiger partial charge < -0.3 is 15.2 Å². The van der Waals surface area contributed by atoms with Crippen LogP contribution in [0.5, 0.6) is 5.75 Å². The molecular formula is C27H23F3N4O3S. The SMILES string of the molecule is COC(=O)c1sc(-n2cnc3cc(C4=CC=NC(N)C4)ccc32)cc1OC(C)c1ccccc1C(F)(F)F. The number of nitrogens with zero attached hydrogens (tertiary/aromatic N) is 3. The molecule has 0 spiro atoms. The number of carbonyl (C=O) groups excluding carboxylic acids is 1. The second-order valence-corrected chi connectivity index (χ2v) is 9.72. The van der Waals surface area contributed by atoms with Gasteiger partial charge in [0.15, 0.2) is 4.88 Å². The summed E-state index contributed by atoms with van der Waals surface area (Å²) in [5.41, 5.74) is 8.65. The summed E-state index contributed by atoms with van der Waals surface area (Å²) in [5, 5.41) is 0.595. The van der Waals surface area contributed by atoms with Crippen molar-refractivity contribution in [1.82, 2.24) is 9.55 Å². The van der Waals surface area contributed by atoms with Crippen molar-refractivity contribution in [2.75, 3.05) is 7.11 Å². The zero-order valence-corrected chi connectivity index (χ0v) is 21.2. The van der Waals surface area contributed by atoms with Crippen LogP contribution < -0.4 is 10.5 Å². The fourth-order valence-corrected chi connectivity index (χ4v) is 5.35. The lowest BCUT2D eigenvalue weighted by molar-refractivity contribution is -0.139. The molecule has 0 bridgehead atoms. The number of nitrogens with two attached hydrogens (primary N) is 1. The maximum Gasteiger partial charge on any atom is 0.416 e. The van der Waals surface area contributed by atoms with Crippen molar-refractivity contribution in [3.63, 3.8) is 0 Å². The number of halogens is 3. The van der Waals surface area contributed by atoms with Gasteiger partial charge >= 0.3 is 12.1 Å². The van der Waals surface area contributed by atoms with Gasteiger partial charge in [0.2, 0.25) is 0 Å². The minimum Gasteiger partial charge on any atom is -0.484 e. The normalized spacial score (nSPS) is 16.4. The first-order valence-electron chi connectivity index (χ1n) is 11.7. The zero-order valence-electron chi connectivity index (χ0n) is 20.4. The number of dihydropyridines is 1. The number of aromatic nitrogens is 2. The molecule has 0 fully saturated rings. The smallest absolute Gasteiger partial charge is 0.416 e. The molecule has 0 amide bonds. The maximum atomic E-state index is 13.6. The molecule has 3 heterocycles. The number of benzene rings is 2. The van der Waals surface area contributed by atoms with Gasteiger partial charge in [-0.15, -0.1) is 11.3 Å². The molecule has 7 nitrogen and oxygen atoms in total. The highest BCUT2D eigenvalue weighted by atomic mass is 32.1. The summed E-state index contributed by atoms with van der Waals surface area (Å²) in [6.07, 6.45) is 0.0453. The van der Waals surface area contributed by atoms with E-state index in [2.05, 4.69) is 9.98 Å². The number of carbonyl (C=O) groups is 1. The predicted molar refractivity (Wildman–Crippen MR) is 140 cm³/mol. The molecule has 5 rings (SSSR count). The molecule has 196 valence electrons. The molecule has 2 N–H and O–H groups in total. The number of ether oxygens (including phenoxy) is 2. The number of hydrogen-bond donors (Lipinski definition) is 1. The quantitative estimate of drug-likeness (QED) is 0.295. The molecule has 2 aromatic carbocycles. The molecule has 0 aliphatic carbocycles.